The van der Waals surface area contributed by atoms with Crippen LogP contribution in [-0.4, -0.2) is 47.4 Å². The number of hydrogen-bond donors (Lipinski definition) is 1. The summed E-state index contributed by atoms with van der Waals surface area (Å²) in [5.74, 6) is -1.16. The highest BCUT2D eigenvalue weighted by Gasteiger charge is 2.46. The maximum atomic E-state index is 12.7. The molecule has 1 N–H and O–H groups in total. The molecular formula is C14H22N2O4. The largest absolute Gasteiger partial charge is 0.374 e. The Labute approximate surface area is 118 Å². The van der Waals surface area contributed by atoms with E-state index in [0.29, 0.717) is 6.42 Å². The standard InChI is InChI=1S/C14H22N2O4/c1-5-10-13(18)15-11(17)6-16(10)14(19)12-7(2)8(3)20-9(12)4/h7-10,12H,5-6H2,1-4H3,(H,15,17,18). The fraction of sp³-hybridized carbons (Fsp3) is 0.786. The van der Waals surface area contributed by atoms with Gasteiger partial charge in [-0.15, -0.1) is 0 Å². The molecule has 5 atom stereocenters. The quantitative estimate of drug-likeness (QED) is 0.740. The van der Waals surface area contributed by atoms with Crippen LogP contribution in [0.15, 0.2) is 0 Å². The van der Waals surface area contributed by atoms with E-state index >= 15 is 0 Å². The maximum absolute atomic E-state index is 12.7. The van der Waals surface area contributed by atoms with E-state index < -0.39 is 11.9 Å². The molecule has 0 radical (unpaired) electrons. The summed E-state index contributed by atoms with van der Waals surface area (Å²) in [6.45, 7) is 7.58. The van der Waals surface area contributed by atoms with Crippen molar-refractivity contribution in [2.24, 2.45) is 11.8 Å². The van der Waals surface area contributed by atoms with Crippen LogP contribution >= 0.6 is 0 Å². The average molecular weight is 282 g/mol. The molecule has 5 unspecified atom stereocenters. The first-order valence-electron chi connectivity index (χ1n) is 7.16. The summed E-state index contributed by atoms with van der Waals surface area (Å²) in [4.78, 5) is 37.5. The molecule has 3 amide bonds. The van der Waals surface area contributed by atoms with E-state index in [0.717, 1.165) is 0 Å². The Balaban J connectivity index is 2.22. The van der Waals surface area contributed by atoms with Gasteiger partial charge in [-0.2, -0.15) is 0 Å². The normalized spacial score (nSPS) is 38.0. The van der Waals surface area contributed by atoms with E-state index in [9.17, 15) is 14.4 Å². The van der Waals surface area contributed by atoms with Crippen LogP contribution in [-0.2, 0) is 19.1 Å². The van der Waals surface area contributed by atoms with Crippen molar-refractivity contribution in [2.75, 3.05) is 6.54 Å². The molecule has 2 saturated heterocycles. The Bertz CT molecular complexity index is 437. The van der Waals surface area contributed by atoms with Crippen molar-refractivity contribution in [2.45, 2.75) is 52.4 Å². The highest BCUT2D eigenvalue weighted by molar-refractivity contribution is 6.04. The molecule has 0 spiro atoms. The third-order valence-corrected chi connectivity index (χ3v) is 4.45. The second kappa shape index (κ2) is 5.52. The second-order valence-electron chi connectivity index (χ2n) is 5.73. The van der Waals surface area contributed by atoms with Gasteiger partial charge in [-0.25, -0.2) is 0 Å². The molecule has 0 bridgehead atoms. The van der Waals surface area contributed by atoms with Crippen molar-refractivity contribution in [3.63, 3.8) is 0 Å². The van der Waals surface area contributed by atoms with Gasteiger partial charge in [0.05, 0.1) is 18.1 Å². The van der Waals surface area contributed by atoms with Gasteiger partial charge in [0.25, 0.3) is 0 Å². The van der Waals surface area contributed by atoms with Crippen LogP contribution in [0.25, 0.3) is 0 Å². The zero-order chi connectivity index (χ0) is 15.0. The fourth-order valence-electron chi connectivity index (χ4n) is 3.19. The molecule has 0 aromatic rings. The number of nitrogens with one attached hydrogen (secondary N) is 1. The minimum Gasteiger partial charge on any atom is -0.374 e. The third kappa shape index (κ3) is 2.44. The predicted molar refractivity (Wildman–Crippen MR) is 71.6 cm³/mol. The van der Waals surface area contributed by atoms with E-state index in [-0.39, 0.29) is 42.4 Å². The Morgan fingerprint density at radius 3 is 2.45 bits per heavy atom. The van der Waals surface area contributed by atoms with Crippen LogP contribution in [0, 0.1) is 11.8 Å². The lowest BCUT2D eigenvalue weighted by atomic mass is 9.87. The summed E-state index contributed by atoms with van der Waals surface area (Å²) in [5, 5.41) is 2.28. The highest BCUT2D eigenvalue weighted by atomic mass is 16.5. The lowest BCUT2D eigenvalue weighted by Crippen LogP contribution is -2.61. The highest BCUT2D eigenvalue weighted by Crippen LogP contribution is 2.34. The summed E-state index contributed by atoms with van der Waals surface area (Å²) < 4.78 is 5.69. The Kier molecular flexibility index (Phi) is 4.13. The Hall–Kier alpha value is -1.43. The van der Waals surface area contributed by atoms with Crippen LogP contribution in [0.5, 0.6) is 0 Å². The first-order valence-corrected chi connectivity index (χ1v) is 7.16. The molecule has 2 fully saturated rings. The van der Waals surface area contributed by atoms with Crippen LogP contribution in [0.1, 0.15) is 34.1 Å². The summed E-state index contributed by atoms with van der Waals surface area (Å²) in [5.41, 5.74) is 0. The molecule has 20 heavy (non-hydrogen) atoms. The molecule has 6 heteroatoms. The number of carbonyl (C=O) groups excluding carboxylic acids is 3. The molecule has 2 aliphatic rings. The summed E-state index contributed by atoms with van der Waals surface area (Å²) in [6, 6.07) is -0.560. The molecule has 0 aliphatic carbocycles. The number of rotatable bonds is 2. The van der Waals surface area contributed by atoms with Crippen LogP contribution in [0.2, 0.25) is 0 Å². The van der Waals surface area contributed by atoms with Gasteiger partial charge in [0, 0.05) is 0 Å². The van der Waals surface area contributed by atoms with Crippen LogP contribution in [0.4, 0.5) is 0 Å². The number of nitrogens with zero attached hydrogens (tertiary/aromatic N) is 1. The minimum atomic E-state index is -0.560. The van der Waals surface area contributed by atoms with Crippen LogP contribution in [0.3, 0.4) is 0 Å². The molecule has 112 valence electrons. The van der Waals surface area contributed by atoms with Gasteiger partial charge in [-0.05, 0) is 26.2 Å². The van der Waals surface area contributed by atoms with Crippen molar-refractivity contribution in [1.29, 1.82) is 0 Å². The molecule has 2 heterocycles. The van der Waals surface area contributed by atoms with Crippen molar-refractivity contribution >= 4 is 17.7 Å². The van der Waals surface area contributed by atoms with Gasteiger partial charge < -0.3 is 9.64 Å². The summed E-state index contributed by atoms with van der Waals surface area (Å²) >= 11 is 0. The molecule has 0 saturated carbocycles. The first kappa shape index (κ1) is 15.0. The van der Waals surface area contributed by atoms with Gasteiger partial charge >= 0.3 is 0 Å². The number of carbonyl (C=O) groups is 3. The predicted octanol–water partition coefficient (Wildman–Crippen LogP) is 0.310. The molecule has 2 aliphatic heterocycles. The van der Waals surface area contributed by atoms with E-state index in [1.807, 2.05) is 27.7 Å². The fourth-order valence-corrected chi connectivity index (χ4v) is 3.19. The average Bonchev–Trinajstić information content (AvgIpc) is 2.61. The van der Waals surface area contributed by atoms with Gasteiger partial charge in [0.2, 0.25) is 17.7 Å². The van der Waals surface area contributed by atoms with Crippen LogP contribution < -0.4 is 5.32 Å². The maximum Gasteiger partial charge on any atom is 0.249 e. The number of ether oxygens (including phenoxy) is 1. The lowest BCUT2D eigenvalue weighted by Gasteiger charge is -2.36. The lowest BCUT2D eigenvalue weighted by molar-refractivity contribution is -0.153. The molecule has 0 aromatic heterocycles. The Morgan fingerprint density at radius 2 is 1.95 bits per heavy atom. The van der Waals surface area contributed by atoms with E-state index in [4.69, 9.17) is 4.74 Å². The second-order valence-corrected chi connectivity index (χ2v) is 5.73. The SMILES string of the molecule is CCC1C(=O)NC(=O)CN1C(=O)C1C(C)OC(C)C1C. The topological polar surface area (TPSA) is 75.7 Å². The van der Waals surface area contributed by atoms with Crippen molar-refractivity contribution in [3.8, 4) is 0 Å². The van der Waals surface area contributed by atoms with E-state index in [2.05, 4.69) is 5.32 Å². The van der Waals surface area contributed by atoms with Crippen molar-refractivity contribution in [1.82, 2.24) is 10.2 Å². The van der Waals surface area contributed by atoms with Crippen molar-refractivity contribution < 1.29 is 19.1 Å². The summed E-state index contributed by atoms with van der Waals surface area (Å²) in [6.07, 6.45) is 0.315. The van der Waals surface area contributed by atoms with Gasteiger partial charge in [0.15, 0.2) is 0 Å². The zero-order valence-electron chi connectivity index (χ0n) is 12.4. The van der Waals surface area contributed by atoms with Gasteiger partial charge in [-0.3, -0.25) is 19.7 Å². The Morgan fingerprint density at radius 1 is 1.30 bits per heavy atom. The van der Waals surface area contributed by atoms with Crippen molar-refractivity contribution in [3.05, 3.63) is 0 Å². The first-order chi connectivity index (χ1) is 9.36. The molecule has 6 nitrogen and oxygen atoms in total. The number of amides is 3. The molecule has 2 rings (SSSR count). The number of hydrogen-bond acceptors (Lipinski definition) is 4. The number of imide groups is 1. The van der Waals surface area contributed by atoms with E-state index in [1.54, 1.807) is 0 Å². The zero-order valence-corrected chi connectivity index (χ0v) is 12.4. The minimum absolute atomic E-state index is 0.00773. The molecule has 0 aromatic carbocycles. The number of piperazine rings is 1. The van der Waals surface area contributed by atoms with Gasteiger partial charge in [-0.1, -0.05) is 13.8 Å². The van der Waals surface area contributed by atoms with Gasteiger partial charge in [0.1, 0.15) is 12.6 Å². The summed E-state index contributed by atoms with van der Waals surface area (Å²) in [7, 11) is 0. The smallest absolute Gasteiger partial charge is 0.249 e. The molecular weight excluding hydrogens is 260 g/mol. The van der Waals surface area contributed by atoms with E-state index in [1.165, 1.54) is 4.90 Å². The third-order valence-electron chi connectivity index (χ3n) is 4.45. The monoisotopic (exact) mass is 282 g/mol.